The van der Waals surface area contributed by atoms with Crippen molar-refractivity contribution in [2.24, 2.45) is 0 Å². The van der Waals surface area contributed by atoms with Gasteiger partial charge in [-0.15, -0.1) is 24.8 Å². The van der Waals surface area contributed by atoms with Gasteiger partial charge in [0.15, 0.2) is 0 Å². The van der Waals surface area contributed by atoms with Crippen molar-refractivity contribution in [2.75, 3.05) is 26.2 Å². The Morgan fingerprint density at radius 3 is 1.34 bits per heavy atom. The number of allylic oxidation sites excluding steroid dienone is 8. The Balaban J connectivity index is 0.00000150. The molecule has 0 N–H and O–H groups in total. The maximum atomic E-state index is 2.88. The number of hydrogen-bond acceptors (Lipinski definition) is 2. The van der Waals surface area contributed by atoms with Crippen molar-refractivity contribution in [3.63, 3.8) is 0 Å². The molecule has 0 saturated carbocycles. The maximum Gasteiger partial charge on any atom is -0.147 e. The average Bonchev–Trinajstić information content (AvgIpc) is 3.40. The van der Waals surface area contributed by atoms with Gasteiger partial charge in [-0.05, 0) is 0 Å². The molecule has 0 amide bonds. The normalized spacial score (nSPS) is 23.2. The summed E-state index contributed by atoms with van der Waals surface area (Å²) in [5, 5.41) is 3.68. The summed E-state index contributed by atoms with van der Waals surface area (Å²) in [5.41, 5.74) is 0. The molecule has 2 saturated heterocycles. The Morgan fingerprint density at radius 1 is 0.655 bits per heavy atom. The molecule has 0 atom stereocenters. The van der Waals surface area contributed by atoms with Gasteiger partial charge >= 0.3 is 181 Å². The molecule has 2 aliphatic carbocycles. The molecule has 29 heavy (non-hydrogen) atoms. The molecule has 162 valence electrons. The van der Waals surface area contributed by atoms with E-state index in [1.165, 1.54) is 64.7 Å². The Labute approximate surface area is 204 Å². The second kappa shape index (κ2) is 10.6. The summed E-state index contributed by atoms with van der Waals surface area (Å²) in [5.74, 6) is 0. The standard InChI is InChI=1S/2C11H18NSi.2ClH.Hf/c2*1-13(2,11-7-3-4-8-11)12-9-5-6-10-12;;;/h2*3,7H,4-6,9-10H2,1-2H3;2*1H;. The SMILES string of the molecule is C[Si](C)(C1=[C]([Hf][C]2=C([Si](C)(C)N3CCCC3)C=CC2)CC=C1)N1CCCC1.Cl.Cl. The molecule has 0 unspecified atom stereocenters. The monoisotopic (exact) mass is 636 g/mol. The molecular weight excluding hydrogens is 598 g/mol. The van der Waals surface area contributed by atoms with Crippen LogP contribution < -0.4 is 0 Å². The average molecular weight is 636 g/mol. The molecule has 0 radical (unpaired) electrons. The van der Waals surface area contributed by atoms with Crippen LogP contribution in [0.1, 0.15) is 38.5 Å². The molecule has 2 heterocycles. The van der Waals surface area contributed by atoms with Gasteiger partial charge in [-0.2, -0.15) is 0 Å². The molecule has 2 aliphatic heterocycles. The largest absolute Gasteiger partial charge is 0.147 e. The van der Waals surface area contributed by atoms with Crippen molar-refractivity contribution in [3.05, 3.63) is 41.4 Å². The quantitative estimate of drug-likeness (QED) is 0.330. The Hall–Kier alpha value is 0.764. The molecule has 2 nitrogen and oxygen atoms in total. The van der Waals surface area contributed by atoms with E-state index in [0.717, 1.165) is 0 Å². The smallest absolute Gasteiger partial charge is 0.147 e. The van der Waals surface area contributed by atoms with Crippen molar-refractivity contribution in [1.29, 1.82) is 0 Å². The molecule has 0 spiro atoms. The van der Waals surface area contributed by atoms with Crippen molar-refractivity contribution < 1.29 is 22.9 Å². The topological polar surface area (TPSA) is 6.48 Å². The molecule has 0 aromatic rings. The van der Waals surface area contributed by atoms with Crippen molar-refractivity contribution in [2.45, 2.75) is 64.7 Å². The van der Waals surface area contributed by atoms with Gasteiger partial charge in [-0.3, -0.25) is 0 Å². The summed E-state index contributed by atoms with van der Waals surface area (Å²) in [6.07, 6.45) is 18.3. The first-order valence-electron chi connectivity index (χ1n) is 11.0. The van der Waals surface area contributed by atoms with Crippen LogP contribution in [-0.2, 0) is 22.9 Å². The zero-order valence-corrected chi connectivity index (χ0v) is 25.8. The first kappa shape index (κ1) is 26.0. The number of rotatable bonds is 6. The Morgan fingerprint density at radius 2 is 1.00 bits per heavy atom. The van der Waals surface area contributed by atoms with E-state index in [1.54, 1.807) is 0 Å². The van der Waals surface area contributed by atoms with Crippen molar-refractivity contribution >= 4 is 41.3 Å². The van der Waals surface area contributed by atoms with Crippen LogP contribution >= 0.6 is 24.8 Å². The van der Waals surface area contributed by atoms with Crippen LogP contribution in [0.5, 0.6) is 0 Å². The molecule has 0 aromatic heterocycles. The number of nitrogens with zero attached hydrogens (tertiary/aromatic N) is 2. The van der Waals surface area contributed by atoms with Gasteiger partial charge in [0.1, 0.15) is 0 Å². The van der Waals surface area contributed by atoms with Gasteiger partial charge in [-0.1, -0.05) is 0 Å². The third-order valence-corrected chi connectivity index (χ3v) is 22.3. The molecule has 4 rings (SSSR count). The van der Waals surface area contributed by atoms with E-state index in [1.807, 2.05) is 17.1 Å². The van der Waals surface area contributed by atoms with Gasteiger partial charge in [0.25, 0.3) is 0 Å². The van der Waals surface area contributed by atoms with E-state index < -0.39 is 39.4 Å². The number of hydrogen-bond donors (Lipinski definition) is 0. The van der Waals surface area contributed by atoms with Gasteiger partial charge in [0, 0.05) is 0 Å². The minimum atomic E-state index is -1.43. The summed E-state index contributed by atoms with van der Waals surface area (Å²) < 4.78 is 9.65. The second-order valence-electron chi connectivity index (χ2n) is 9.63. The minimum absolute atomic E-state index is 0. The summed E-state index contributed by atoms with van der Waals surface area (Å²) in [6.45, 7) is 15.9. The maximum absolute atomic E-state index is 2.88. The van der Waals surface area contributed by atoms with E-state index in [-0.39, 0.29) is 24.8 Å². The predicted molar refractivity (Wildman–Crippen MR) is 133 cm³/mol. The predicted octanol–water partition coefficient (Wildman–Crippen LogP) is 6.02. The van der Waals surface area contributed by atoms with Gasteiger partial charge in [-0.25, -0.2) is 0 Å². The summed E-state index contributed by atoms with van der Waals surface area (Å²) >= 11 is -0.905. The van der Waals surface area contributed by atoms with Crippen LogP contribution in [0.2, 0.25) is 26.2 Å². The fourth-order valence-corrected chi connectivity index (χ4v) is 23.8. The van der Waals surface area contributed by atoms with E-state index in [2.05, 4.69) is 59.6 Å². The molecule has 2 fully saturated rings. The zero-order valence-electron chi connectivity index (χ0n) is 18.6. The van der Waals surface area contributed by atoms with Crippen LogP contribution in [0.15, 0.2) is 41.4 Å². The number of halogens is 2. The van der Waals surface area contributed by atoms with E-state index in [0.29, 0.717) is 0 Å². The van der Waals surface area contributed by atoms with E-state index in [4.69, 9.17) is 0 Å². The fourth-order valence-electron chi connectivity index (χ4n) is 5.47. The van der Waals surface area contributed by atoms with Crippen LogP contribution in [0.3, 0.4) is 0 Å². The van der Waals surface area contributed by atoms with Crippen LogP contribution in [0.4, 0.5) is 0 Å². The van der Waals surface area contributed by atoms with Gasteiger partial charge < -0.3 is 0 Å². The van der Waals surface area contributed by atoms with Crippen molar-refractivity contribution in [3.8, 4) is 0 Å². The Kier molecular flexibility index (Phi) is 9.50. The van der Waals surface area contributed by atoms with Crippen LogP contribution in [-0.4, -0.2) is 51.8 Å². The fraction of sp³-hybridized carbons (Fsp3) is 0.636. The summed E-state index contributed by atoms with van der Waals surface area (Å²) in [7, 11) is -2.87. The first-order chi connectivity index (χ1) is 12.9. The third-order valence-electron chi connectivity index (χ3n) is 7.28. The van der Waals surface area contributed by atoms with Gasteiger partial charge in [0.2, 0.25) is 0 Å². The van der Waals surface area contributed by atoms with Crippen molar-refractivity contribution in [1.82, 2.24) is 9.13 Å². The molecule has 0 bridgehead atoms. The van der Waals surface area contributed by atoms with Gasteiger partial charge in [0.05, 0.1) is 0 Å². The molecular formula is C22H38Cl2HfN2Si2. The molecule has 4 aliphatic rings. The molecule has 7 heteroatoms. The minimum Gasteiger partial charge on any atom is -0.147 e. The second-order valence-corrected chi connectivity index (χ2v) is 23.4. The molecule has 0 aromatic carbocycles. The van der Waals surface area contributed by atoms with Crippen LogP contribution in [0.25, 0.3) is 0 Å². The van der Waals surface area contributed by atoms with Crippen LogP contribution in [0, 0.1) is 0 Å². The Bertz CT molecular complexity index is 656. The zero-order chi connectivity index (χ0) is 19.1. The first-order valence-corrected chi connectivity index (χ1v) is 20.5. The summed E-state index contributed by atoms with van der Waals surface area (Å²) in [6, 6.07) is 0. The third kappa shape index (κ3) is 5.23. The summed E-state index contributed by atoms with van der Waals surface area (Å²) in [4.78, 5) is 0. The van der Waals surface area contributed by atoms with E-state index in [9.17, 15) is 0 Å². The van der Waals surface area contributed by atoms with E-state index >= 15 is 0 Å².